The molecule has 2 rings (SSSR count). The second-order valence-corrected chi connectivity index (χ2v) is 4.91. The van der Waals surface area contributed by atoms with Gasteiger partial charge in [0.05, 0.1) is 0 Å². The van der Waals surface area contributed by atoms with Crippen molar-refractivity contribution in [2.45, 2.75) is 33.7 Å². The topological polar surface area (TPSA) is 49.9 Å². The van der Waals surface area contributed by atoms with Crippen LogP contribution in [0.1, 0.15) is 36.7 Å². The number of ether oxygens (including phenoxy) is 1. The Morgan fingerprint density at radius 2 is 2.10 bits per heavy atom. The van der Waals surface area contributed by atoms with Crippen LogP contribution in [0.5, 0.6) is 11.6 Å². The van der Waals surface area contributed by atoms with Crippen molar-refractivity contribution in [3.8, 4) is 11.6 Å². The standard InChI is InChI=1S/C15H20FN3O/c1-5-17-11(4)12-8-13(16)9(2)6-14(12)20-15-7-10(3)18-19-15/h6-8,11,17H,5H2,1-4H3,(H,18,19). The molecule has 2 aromatic rings. The average Bonchev–Trinajstić information content (AvgIpc) is 2.79. The SMILES string of the molecule is CCNC(C)c1cc(F)c(C)cc1Oc1cc(C)[nH]n1. The van der Waals surface area contributed by atoms with Crippen molar-refractivity contribution in [1.29, 1.82) is 0 Å². The Kier molecular flexibility index (Phi) is 4.39. The fourth-order valence-electron chi connectivity index (χ4n) is 2.07. The molecule has 1 atom stereocenters. The van der Waals surface area contributed by atoms with E-state index in [4.69, 9.17) is 4.74 Å². The molecular formula is C15H20FN3O. The molecule has 0 spiro atoms. The maximum atomic E-state index is 13.8. The molecule has 0 bridgehead atoms. The Hall–Kier alpha value is -1.88. The van der Waals surface area contributed by atoms with Crippen LogP contribution < -0.4 is 10.1 Å². The minimum atomic E-state index is -0.227. The van der Waals surface area contributed by atoms with Crippen LogP contribution in [0, 0.1) is 19.7 Å². The first kappa shape index (κ1) is 14.5. The van der Waals surface area contributed by atoms with Gasteiger partial charge in [-0.15, -0.1) is 5.10 Å². The van der Waals surface area contributed by atoms with Crippen molar-refractivity contribution >= 4 is 0 Å². The normalized spacial score (nSPS) is 12.4. The van der Waals surface area contributed by atoms with Crippen LogP contribution in [-0.4, -0.2) is 16.7 Å². The van der Waals surface area contributed by atoms with Crippen molar-refractivity contribution in [2.75, 3.05) is 6.54 Å². The van der Waals surface area contributed by atoms with Gasteiger partial charge >= 0.3 is 0 Å². The van der Waals surface area contributed by atoms with Gasteiger partial charge in [-0.05, 0) is 45.0 Å². The van der Waals surface area contributed by atoms with Crippen molar-refractivity contribution in [3.05, 3.63) is 40.8 Å². The third-order valence-corrected chi connectivity index (χ3v) is 3.16. The van der Waals surface area contributed by atoms with Gasteiger partial charge in [0.2, 0.25) is 5.88 Å². The molecule has 0 amide bonds. The first-order valence-electron chi connectivity index (χ1n) is 6.74. The number of nitrogens with one attached hydrogen (secondary N) is 2. The molecule has 20 heavy (non-hydrogen) atoms. The Morgan fingerprint density at radius 1 is 1.35 bits per heavy atom. The molecule has 108 valence electrons. The molecule has 1 unspecified atom stereocenters. The summed E-state index contributed by atoms with van der Waals surface area (Å²) >= 11 is 0. The minimum Gasteiger partial charge on any atom is -0.437 e. The molecule has 0 fully saturated rings. The summed E-state index contributed by atoms with van der Waals surface area (Å²) in [6.45, 7) is 8.42. The summed E-state index contributed by atoms with van der Waals surface area (Å²) in [7, 11) is 0. The zero-order valence-corrected chi connectivity index (χ0v) is 12.2. The summed E-state index contributed by atoms with van der Waals surface area (Å²) in [5.74, 6) is 0.887. The van der Waals surface area contributed by atoms with Crippen LogP contribution in [0.15, 0.2) is 18.2 Å². The molecular weight excluding hydrogens is 257 g/mol. The third kappa shape index (κ3) is 3.17. The predicted molar refractivity (Wildman–Crippen MR) is 76.6 cm³/mol. The highest BCUT2D eigenvalue weighted by Crippen LogP contribution is 2.31. The highest BCUT2D eigenvalue weighted by Gasteiger charge is 2.15. The molecule has 0 saturated heterocycles. The first-order chi connectivity index (χ1) is 9.51. The zero-order valence-electron chi connectivity index (χ0n) is 12.2. The van der Waals surface area contributed by atoms with Gasteiger partial charge < -0.3 is 10.1 Å². The maximum absolute atomic E-state index is 13.8. The van der Waals surface area contributed by atoms with Crippen LogP contribution >= 0.6 is 0 Å². The molecule has 2 N–H and O–H groups in total. The van der Waals surface area contributed by atoms with E-state index in [1.807, 2.05) is 20.8 Å². The monoisotopic (exact) mass is 277 g/mol. The van der Waals surface area contributed by atoms with Gasteiger partial charge in [0, 0.05) is 23.4 Å². The molecule has 0 aliphatic heterocycles. The second kappa shape index (κ2) is 6.05. The number of aryl methyl sites for hydroxylation is 2. The Balaban J connectivity index is 2.36. The lowest BCUT2D eigenvalue weighted by molar-refractivity contribution is 0.442. The fraction of sp³-hybridized carbons (Fsp3) is 0.400. The van der Waals surface area contributed by atoms with Crippen molar-refractivity contribution in [2.24, 2.45) is 0 Å². The van der Waals surface area contributed by atoms with E-state index in [1.54, 1.807) is 19.1 Å². The van der Waals surface area contributed by atoms with E-state index in [1.165, 1.54) is 6.07 Å². The van der Waals surface area contributed by atoms with Gasteiger partial charge in [-0.3, -0.25) is 5.10 Å². The van der Waals surface area contributed by atoms with Crippen LogP contribution in [-0.2, 0) is 0 Å². The van der Waals surface area contributed by atoms with Crippen molar-refractivity contribution < 1.29 is 9.13 Å². The van der Waals surface area contributed by atoms with E-state index in [9.17, 15) is 4.39 Å². The van der Waals surface area contributed by atoms with Crippen molar-refractivity contribution in [1.82, 2.24) is 15.5 Å². The van der Waals surface area contributed by atoms with E-state index < -0.39 is 0 Å². The number of rotatable bonds is 5. The summed E-state index contributed by atoms with van der Waals surface area (Å²) in [6.07, 6.45) is 0. The highest BCUT2D eigenvalue weighted by molar-refractivity contribution is 5.42. The second-order valence-electron chi connectivity index (χ2n) is 4.91. The van der Waals surface area contributed by atoms with Crippen LogP contribution in [0.25, 0.3) is 0 Å². The van der Waals surface area contributed by atoms with E-state index in [0.717, 1.165) is 17.8 Å². The lowest BCUT2D eigenvalue weighted by Gasteiger charge is -2.17. The van der Waals surface area contributed by atoms with Gasteiger partial charge in [0.15, 0.2) is 0 Å². The van der Waals surface area contributed by atoms with Gasteiger partial charge in [-0.1, -0.05) is 6.92 Å². The number of H-pyrrole nitrogens is 1. The maximum Gasteiger partial charge on any atom is 0.238 e. The molecule has 1 aromatic carbocycles. The number of hydrogen-bond acceptors (Lipinski definition) is 3. The van der Waals surface area contributed by atoms with Gasteiger partial charge in [-0.2, -0.15) is 0 Å². The summed E-state index contributed by atoms with van der Waals surface area (Å²) in [5.41, 5.74) is 2.26. The molecule has 1 aromatic heterocycles. The van der Waals surface area contributed by atoms with E-state index in [2.05, 4.69) is 15.5 Å². The number of nitrogens with zero attached hydrogens (tertiary/aromatic N) is 1. The number of halogens is 1. The number of aromatic amines is 1. The molecule has 0 radical (unpaired) electrons. The lowest BCUT2D eigenvalue weighted by atomic mass is 10.0. The lowest BCUT2D eigenvalue weighted by Crippen LogP contribution is -2.18. The number of benzene rings is 1. The van der Waals surface area contributed by atoms with Gasteiger partial charge in [-0.25, -0.2) is 4.39 Å². The third-order valence-electron chi connectivity index (χ3n) is 3.16. The Bertz CT molecular complexity index is 595. The van der Waals surface area contributed by atoms with Gasteiger partial charge in [0.1, 0.15) is 11.6 Å². The summed E-state index contributed by atoms with van der Waals surface area (Å²) in [6, 6.07) is 5.05. The van der Waals surface area contributed by atoms with E-state index >= 15 is 0 Å². The summed E-state index contributed by atoms with van der Waals surface area (Å²) in [5, 5.41) is 10.1. The van der Waals surface area contributed by atoms with E-state index in [0.29, 0.717) is 17.2 Å². The summed E-state index contributed by atoms with van der Waals surface area (Å²) < 4.78 is 19.6. The fourth-order valence-corrected chi connectivity index (χ4v) is 2.07. The molecule has 0 saturated carbocycles. The molecule has 0 aliphatic rings. The van der Waals surface area contributed by atoms with Crippen LogP contribution in [0.3, 0.4) is 0 Å². The smallest absolute Gasteiger partial charge is 0.238 e. The zero-order chi connectivity index (χ0) is 14.7. The molecule has 5 heteroatoms. The Morgan fingerprint density at radius 3 is 2.70 bits per heavy atom. The molecule has 1 heterocycles. The largest absolute Gasteiger partial charge is 0.437 e. The van der Waals surface area contributed by atoms with Crippen LogP contribution in [0.4, 0.5) is 4.39 Å². The molecule has 4 nitrogen and oxygen atoms in total. The highest BCUT2D eigenvalue weighted by atomic mass is 19.1. The van der Waals surface area contributed by atoms with E-state index in [-0.39, 0.29) is 11.9 Å². The van der Waals surface area contributed by atoms with Gasteiger partial charge in [0.25, 0.3) is 0 Å². The number of hydrogen-bond donors (Lipinski definition) is 2. The molecule has 0 aliphatic carbocycles. The quantitative estimate of drug-likeness (QED) is 0.877. The predicted octanol–water partition coefficient (Wildman–Crippen LogP) is 3.63. The minimum absolute atomic E-state index is 0.00476. The Labute approximate surface area is 118 Å². The van der Waals surface area contributed by atoms with Crippen LogP contribution in [0.2, 0.25) is 0 Å². The first-order valence-corrected chi connectivity index (χ1v) is 6.74. The van der Waals surface area contributed by atoms with Crippen molar-refractivity contribution in [3.63, 3.8) is 0 Å². The summed E-state index contributed by atoms with van der Waals surface area (Å²) in [4.78, 5) is 0. The number of aromatic nitrogens is 2. The average molecular weight is 277 g/mol.